The Hall–Kier alpha value is -2.41. The smallest absolute Gasteiger partial charge is 0.266 e. The van der Waals surface area contributed by atoms with Crippen LogP contribution in [0.25, 0.3) is 11.1 Å². The topological polar surface area (TPSA) is 75.8 Å². The zero-order chi connectivity index (χ0) is 13.4. The fourth-order valence-electron chi connectivity index (χ4n) is 1.77. The number of H-pyrrole nitrogens is 1. The minimum Gasteiger partial charge on any atom is -0.429 e. The number of hydrogen-bond acceptors (Lipinski definition) is 4. The minimum absolute atomic E-state index is 0.229. The number of anilines is 1. The van der Waals surface area contributed by atoms with Crippen LogP contribution < -0.4 is 5.32 Å². The normalized spacial score (nSPS) is 10.8. The number of aromatic nitrogens is 3. The molecule has 2 heterocycles. The molecule has 96 valence electrons. The molecule has 0 spiro atoms. The van der Waals surface area contributed by atoms with Crippen LogP contribution in [-0.4, -0.2) is 20.7 Å². The molecule has 0 aliphatic heterocycles. The fourth-order valence-corrected chi connectivity index (χ4v) is 1.97. The molecule has 7 heteroatoms. The molecule has 0 atom stereocenters. The van der Waals surface area contributed by atoms with Gasteiger partial charge in [0.15, 0.2) is 5.58 Å². The third kappa shape index (κ3) is 2.15. The number of nitrogens with one attached hydrogen (secondary N) is 2. The summed E-state index contributed by atoms with van der Waals surface area (Å²) in [6.07, 6.45) is 1.61. The van der Waals surface area contributed by atoms with Crippen molar-refractivity contribution in [2.24, 2.45) is 7.05 Å². The summed E-state index contributed by atoms with van der Waals surface area (Å²) >= 11 is 4.90. The van der Waals surface area contributed by atoms with Crippen molar-refractivity contribution in [2.75, 3.05) is 5.32 Å². The van der Waals surface area contributed by atoms with Gasteiger partial charge in [-0.1, -0.05) is 0 Å². The predicted molar refractivity (Wildman–Crippen MR) is 72.6 cm³/mol. The van der Waals surface area contributed by atoms with Crippen molar-refractivity contribution in [3.63, 3.8) is 0 Å². The summed E-state index contributed by atoms with van der Waals surface area (Å²) in [5.41, 5.74) is 1.82. The number of aromatic amines is 1. The van der Waals surface area contributed by atoms with Gasteiger partial charge < -0.3 is 14.7 Å². The van der Waals surface area contributed by atoms with Crippen molar-refractivity contribution in [1.82, 2.24) is 14.8 Å². The lowest BCUT2D eigenvalue weighted by atomic mass is 10.2. The second kappa shape index (κ2) is 4.36. The van der Waals surface area contributed by atoms with Gasteiger partial charge in [0.1, 0.15) is 5.82 Å². The SMILES string of the molecule is Cn1nccc1NC(=O)c1ccc2[nH]c(=S)oc2c1. The van der Waals surface area contributed by atoms with Crippen molar-refractivity contribution in [1.29, 1.82) is 0 Å². The van der Waals surface area contributed by atoms with Gasteiger partial charge >= 0.3 is 0 Å². The highest BCUT2D eigenvalue weighted by Crippen LogP contribution is 2.16. The quantitative estimate of drug-likeness (QED) is 0.704. The molecule has 0 aliphatic carbocycles. The summed E-state index contributed by atoms with van der Waals surface area (Å²) in [6.45, 7) is 0. The molecule has 19 heavy (non-hydrogen) atoms. The van der Waals surface area contributed by atoms with Crippen molar-refractivity contribution in [2.45, 2.75) is 0 Å². The van der Waals surface area contributed by atoms with Gasteiger partial charge in [-0.15, -0.1) is 0 Å². The van der Waals surface area contributed by atoms with E-state index in [1.807, 2.05) is 0 Å². The Morgan fingerprint density at radius 3 is 3.05 bits per heavy atom. The molecule has 6 nitrogen and oxygen atoms in total. The maximum absolute atomic E-state index is 12.1. The molecule has 0 saturated heterocycles. The first-order valence-corrected chi connectivity index (χ1v) is 5.96. The summed E-state index contributed by atoms with van der Waals surface area (Å²) in [5, 5.41) is 6.74. The highest BCUT2D eigenvalue weighted by Gasteiger charge is 2.10. The van der Waals surface area contributed by atoms with Gasteiger partial charge in [0, 0.05) is 18.7 Å². The Kier molecular flexibility index (Phi) is 2.68. The van der Waals surface area contributed by atoms with Crippen LogP contribution in [-0.2, 0) is 7.05 Å². The van der Waals surface area contributed by atoms with E-state index in [-0.39, 0.29) is 5.91 Å². The van der Waals surface area contributed by atoms with E-state index in [1.54, 1.807) is 42.2 Å². The number of aryl methyl sites for hydroxylation is 1. The Morgan fingerprint density at radius 1 is 1.47 bits per heavy atom. The van der Waals surface area contributed by atoms with Gasteiger partial charge in [-0.3, -0.25) is 9.48 Å². The van der Waals surface area contributed by atoms with Crippen LogP contribution in [0.4, 0.5) is 5.82 Å². The Bertz CT molecular complexity index is 814. The van der Waals surface area contributed by atoms with Gasteiger partial charge in [0.05, 0.1) is 11.7 Å². The standard InChI is InChI=1S/C12H10N4O2S/c1-16-10(4-5-13-16)15-11(17)7-2-3-8-9(6-7)18-12(19)14-8/h2-6H,1H3,(H,14,19)(H,15,17). The highest BCUT2D eigenvalue weighted by molar-refractivity contribution is 7.71. The van der Waals surface area contributed by atoms with Crippen LogP contribution in [0.2, 0.25) is 0 Å². The Balaban J connectivity index is 1.93. The molecule has 0 fully saturated rings. The zero-order valence-corrected chi connectivity index (χ0v) is 10.8. The van der Waals surface area contributed by atoms with Crippen molar-refractivity contribution in [3.8, 4) is 0 Å². The van der Waals surface area contributed by atoms with Gasteiger partial charge in [0.25, 0.3) is 10.7 Å². The Morgan fingerprint density at radius 2 is 2.32 bits per heavy atom. The zero-order valence-electron chi connectivity index (χ0n) is 10.0. The number of amides is 1. The van der Waals surface area contributed by atoms with E-state index >= 15 is 0 Å². The number of nitrogens with zero attached hydrogens (tertiary/aromatic N) is 2. The van der Waals surface area contributed by atoms with E-state index in [4.69, 9.17) is 16.6 Å². The average molecular weight is 274 g/mol. The maximum atomic E-state index is 12.1. The fraction of sp³-hybridized carbons (Fsp3) is 0.0833. The maximum Gasteiger partial charge on any atom is 0.266 e. The predicted octanol–water partition coefficient (Wildman–Crippen LogP) is 2.48. The van der Waals surface area contributed by atoms with Crippen LogP contribution in [0.5, 0.6) is 0 Å². The molecule has 0 bridgehead atoms. The Labute approximate surface area is 113 Å². The van der Waals surface area contributed by atoms with E-state index in [1.165, 1.54) is 0 Å². The lowest BCUT2D eigenvalue weighted by Gasteiger charge is -2.04. The summed E-state index contributed by atoms with van der Waals surface area (Å²) in [6, 6.07) is 6.83. The van der Waals surface area contributed by atoms with Crippen LogP contribution in [0, 0.1) is 4.84 Å². The van der Waals surface area contributed by atoms with Gasteiger partial charge in [-0.25, -0.2) is 0 Å². The van der Waals surface area contributed by atoms with Crippen molar-refractivity contribution < 1.29 is 9.21 Å². The molecule has 2 N–H and O–H groups in total. The van der Waals surface area contributed by atoms with Gasteiger partial charge in [-0.05, 0) is 30.4 Å². The second-order valence-corrected chi connectivity index (χ2v) is 4.39. The molecule has 1 amide bonds. The molecular formula is C12H10N4O2S. The first kappa shape index (κ1) is 11.7. The first-order chi connectivity index (χ1) is 9.13. The molecule has 0 radical (unpaired) electrons. The monoisotopic (exact) mass is 274 g/mol. The molecule has 0 unspecified atom stereocenters. The summed E-state index contributed by atoms with van der Waals surface area (Å²) in [5.74, 6) is 0.396. The number of oxazole rings is 1. The largest absolute Gasteiger partial charge is 0.429 e. The third-order valence-corrected chi connectivity index (χ3v) is 2.93. The molecule has 3 aromatic rings. The van der Waals surface area contributed by atoms with Crippen LogP contribution >= 0.6 is 12.2 Å². The van der Waals surface area contributed by atoms with Crippen molar-refractivity contribution in [3.05, 3.63) is 40.9 Å². The van der Waals surface area contributed by atoms with Gasteiger partial charge in [0.2, 0.25) is 0 Å². The van der Waals surface area contributed by atoms with E-state index in [0.29, 0.717) is 21.8 Å². The molecular weight excluding hydrogens is 264 g/mol. The number of benzene rings is 1. The van der Waals surface area contributed by atoms with Crippen LogP contribution in [0.1, 0.15) is 10.4 Å². The van der Waals surface area contributed by atoms with Crippen LogP contribution in [0.3, 0.4) is 0 Å². The van der Waals surface area contributed by atoms with E-state index in [9.17, 15) is 4.79 Å². The highest BCUT2D eigenvalue weighted by atomic mass is 32.1. The molecule has 3 rings (SSSR count). The average Bonchev–Trinajstić information content (AvgIpc) is 2.93. The van der Waals surface area contributed by atoms with Gasteiger partial charge in [-0.2, -0.15) is 5.10 Å². The minimum atomic E-state index is -0.229. The molecule has 1 aromatic carbocycles. The summed E-state index contributed by atoms with van der Waals surface area (Å²) in [7, 11) is 1.75. The molecule has 2 aromatic heterocycles. The van der Waals surface area contributed by atoms with Crippen LogP contribution in [0.15, 0.2) is 34.9 Å². The number of hydrogen-bond donors (Lipinski definition) is 2. The first-order valence-electron chi connectivity index (χ1n) is 5.56. The summed E-state index contributed by atoms with van der Waals surface area (Å²) < 4.78 is 6.86. The number of carbonyl (C=O) groups excluding carboxylic acids is 1. The third-order valence-electron chi connectivity index (χ3n) is 2.75. The van der Waals surface area contributed by atoms with E-state index in [0.717, 1.165) is 5.52 Å². The summed E-state index contributed by atoms with van der Waals surface area (Å²) in [4.78, 5) is 15.3. The molecule has 0 saturated carbocycles. The van der Waals surface area contributed by atoms with Crippen molar-refractivity contribution >= 4 is 35.0 Å². The van der Waals surface area contributed by atoms with E-state index in [2.05, 4.69) is 15.4 Å². The number of carbonyl (C=O) groups is 1. The number of fused-ring (bicyclic) bond motifs is 1. The lowest BCUT2D eigenvalue weighted by Crippen LogP contribution is -2.14. The lowest BCUT2D eigenvalue weighted by molar-refractivity contribution is 0.102. The number of rotatable bonds is 2. The molecule has 0 aliphatic rings. The second-order valence-electron chi connectivity index (χ2n) is 4.02. The van der Waals surface area contributed by atoms with E-state index < -0.39 is 0 Å².